The van der Waals surface area contributed by atoms with E-state index in [9.17, 15) is 15.0 Å². The minimum atomic E-state index is -1.05. The van der Waals surface area contributed by atoms with Crippen LogP contribution in [0.2, 0.25) is 0 Å². The van der Waals surface area contributed by atoms with Crippen molar-refractivity contribution in [3.8, 4) is 17.2 Å². The van der Waals surface area contributed by atoms with Gasteiger partial charge >= 0.3 is 11.9 Å². The smallest absolute Gasteiger partial charge is 0.374 e. The van der Waals surface area contributed by atoms with Gasteiger partial charge in [-0.2, -0.15) is 9.98 Å². The van der Waals surface area contributed by atoms with Crippen LogP contribution in [0.5, 0.6) is 17.2 Å². The van der Waals surface area contributed by atoms with Gasteiger partial charge in [0.25, 0.3) is 5.84 Å². The number of rotatable bonds is 12. The molecule has 5 heterocycles. The Morgan fingerprint density at radius 2 is 2.11 bits per heavy atom. The summed E-state index contributed by atoms with van der Waals surface area (Å²) in [6.45, 7) is 6.36. The van der Waals surface area contributed by atoms with Gasteiger partial charge in [0.05, 0.1) is 31.1 Å². The van der Waals surface area contributed by atoms with Gasteiger partial charge in [-0.05, 0) is 31.9 Å². The summed E-state index contributed by atoms with van der Waals surface area (Å²) in [5.74, 6) is 0.736. The maximum Gasteiger partial charge on any atom is 0.374 e. The van der Waals surface area contributed by atoms with E-state index in [1.54, 1.807) is 38.6 Å². The maximum absolute atomic E-state index is 12.9. The highest BCUT2D eigenvalue weighted by Crippen LogP contribution is 2.50. The highest BCUT2D eigenvalue weighted by Gasteiger charge is 2.42. The Kier molecular flexibility index (Phi) is 8.97. The Morgan fingerprint density at radius 3 is 2.87 bits per heavy atom. The molecule has 14 heteroatoms. The van der Waals surface area contributed by atoms with E-state index in [0.717, 1.165) is 31.2 Å². The summed E-state index contributed by atoms with van der Waals surface area (Å²) in [7, 11) is 1.58. The fraction of sp³-hybridized carbons (Fsp3) is 0.455. The number of guanidine groups is 1. The van der Waals surface area contributed by atoms with Crippen LogP contribution < -0.4 is 24.2 Å². The molecule has 0 radical (unpaired) electrons. The highest BCUT2D eigenvalue weighted by molar-refractivity contribution is 6.66. The molecule has 0 bridgehead atoms. The second-order valence-corrected chi connectivity index (χ2v) is 12.0. The third-order valence-electron chi connectivity index (χ3n) is 8.70. The Hall–Kier alpha value is -4.82. The van der Waals surface area contributed by atoms with Crippen LogP contribution in [0, 0.1) is 5.41 Å². The van der Waals surface area contributed by atoms with Crippen molar-refractivity contribution < 1.29 is 38.9 Å². The molecule has 2 aromatic rings. The standard InChI is InChI=1S/C33H39N7O7/c1-5-7-8-9-11-33(3,43)24-16-20-21(47-24)17-22-25(27(20)44-4)19(15-23(46-22)30(42)45-6-2)10-13-39-14-12-35-32(39)40-18-36-26-28(40)37-31(34)38-29(26)41/h10,12,14-15,17,24,43H,5-9,11,13,16,18H2,1-4H3,(H2,34,38,41)/t24-,33+/m1/s1. The first-order valence-corrected chi connectivity index (χ1v) is 15.9. The van der Waals surface area contributed by atoms with E-state index in [2.05, 4.69) is 26.9 Å². The maximum atomic E-state index is 12.9. The normalized spacial score (nSPS) is 21.7. The molecule has 0 fully saturated rings. The predicted molar refractivity (Wildman–Crippen MR) is 172 cm³/mol. The van der Waals surface area contributed by atoms with E-state index >= 15 is 0 Å². The minimum absolute atomic E-state index is 0.0106. The molecular formula is C33H39N7O7. The zero-order chi connectivity index (χ0) is 33.3. The van der Waals surface area contributed by atoms with Gasteiger partial charge < -0.3 is 29.2 Å². The zero-order valence-electron chi connectivity index (χ0n) is 27.0. The van der Waals surface area contributed by atoms with Gasteiger partial charge in [-0.3, -0.25) is 9.98 Å². The largest absolute Gasteiger partial charge is 0.857 e. The molecule has 1 aromatic carbocycles. The monoisotopic (exact) mass is 645 g/mol. The lowest BCUT2D eigenvalue weighted by Gasteiger charge is -2.29. The number of carbonyl (C=O) groups excluding carboxylic acids is 1. The number of amidine groups is 1. The van der Waals surface area contributed by atoms with E-state index in [1.807, 2.05) is 17.6 Å². The van der Waals surface area contributed by atoms with Crippen LogP contribution in [0.1, 0.15) is 64.0 Å². The van der Waals surface area contributed by atoms with Gasteiger partial charge in [-0.1, -0.05) is 38.7 Å². The lowest BCUT2D eigenvalue weighted by molar-refractivity contribution is -0.730. The molecule has 0 saturated carbocycles. The number of ether oxygens (including phenoxy) is 4. The Morgan fingerprint density at radius 1 is 1.28 bits per heavy atom. The molecule has 0 spiro atoms. The Labute approximate surface area is 272 Å². The fourth-order valence-electron chi connectivity index (χ4n) is 6.27. The van der Waals surface area contributed by atoms with Gasteiger partial charge in [0.15, 0.2) is 12.4 Å². The summed E-state index contributed by atoms with van der Waals surface area (Å²) >= 11 is 0. The number of benzene rings is 1. The number of methoxy groups -OCH3 is 1. The zero-order valence-corrected chi connectivity index (χ0v) is 27.0. The molecule has 47 heavy (non-hydrogen) atoms. The fourth-order valence-corrected chi connectivity index (χ4v) is 6.27. The van der Waals surface area contributed by atoms with Crippen LogP contribution in [0.4, 0.5) is 5.95 Å². The Balaban J connectivity index is 1.33. The number of fused-ring (bicyclic) bond motifs is 3. The number of unbranched alkanes of at least 4 members (excludes halogenated alkanes) is 3. The number of quaternary nitrogens is 1. The second kappa shape index (κ2) is 13.1. The van der Waals surface area contributed by atoms with E-state index in [0.29, 0.717) is 64.5 Å². The van der Waals surface area contributed by atoms with Crippen molar-refractivity contribution in [3.05, 3.63) is 47.5 Å². The predicted octanol–water partition coefficient (Wildman–Crippen LogP) is 1.87. The van der Waals surface area contributed by atoms with Gasteiger partial charge in [0, 0.05) is 36.7 Å². The number of nitrogens with zero attached hydrogens (tertiary/aromatic N) is 5. The molecule has 0 amide bonds. The molecular weight excluding hydrogens is 606 g/mol. The first kappa shape index (κ1) is 32.1. The van der Waals surface area contributed by atoms with Crippen molar-refractivity contribution in [1.29, 1.82) is 5.41 Å². The number of hydrogen-bond acceptors (Lipinski definition) is 10. The Bertz CT molecular complexity index is 1750. The summed E-state index contributed by atoms with van der Waals surface area (Å²) in [6.07, 6.45) is 11.7. The summed E-state index contributed by atoms with van der Waals surface area (Å²) in [5.41, 5.74) is 1.19. The molecule has 1 unspecified atom stereocenters. The van der Waals surface area contributed by atoms with Crippen molar-refractivity contribution >= 4 is 40.9 Å². The van der Waals surface area contributed by atoms with Crippen molar-refractivity contribution in [2.45, 2.75) is 77.5 Å². The molecule has 248 valence electrons. The van der Waals surface area contributed by atoms with E-state index in [-0.39, 0.29) is 30.7 Å². The first-order valence-electron chi connectivity index (χ1n) is 15.9. The number of carbonyl (C=O) groups is 1. The number of aromatic nitrogens is 2. The van der Waals surface area contributed by atoms with Gasteiger partial charge in [-0.15, -0.1) is 0 Å². The van der Waals surface area contributed by atoms with Gasteiger partial charge in [0.1, 0.15) is 23.4 Å². The van der Waals surface area contributed by atoms with Crippen LogP contribution in [-0.2, 0) is 22.5 Å². The topological polar surface area (TPSA) is 180 Å². The quantitative estimate of drug-likeness (QED) is 0.231. The number of nitrogens with one attached hydrogen (secondary N) is 2. The number of esters is 1. The number of allylic oxidation sites excluding steroid dienone is 3. The highest BCUT2D eigenvalue weighted by atomic mass is 16.6. The van der Waals surface area contributed by atoms with Crippen LogP contribution in [0.15, 0.2) is 51.3 Å². The molecule has 4 aliphatic rings. The van der Waals surface area contributed by atoms with Crippen molar-refractivity contribution in [3.63, 3.8) is 0 Å². The average molecular weight is 646 g/mol. The SMILES string of the molecule is CCCCCC[C@](C)(O)[C@H]1Cc2c(cc3c(c2OC)C(=CCn2ccnc2[NH+]2CN=C4C([O-])=NC(=N)N=C42)C=C(C(=O)OCC)O3)O1. The van der Waals surface area contributed by atoms with Crippen LogP contribution in [0.25, 0.3) is 5.57 Å². The third-order valence-corrected chi connectivity index (χ3v) is 8.70. The first-order chi connectivity index (χ1) is 22.6. The van der Waals surface area contributed by atoms with Gasteiger partial charge in [-0.25, -0.2) is 19.7 Å². The van der Waals surface area contributed by atoms with Crippen LogP contribution in [-0.4, -0.2) is 76.1 Å². The molecule has 3 N–H and O–H groups in total. The van der Waals surface area contributed by atoms with E-state index in [1.165, 1.54) is 0 Å². The lowest BCUT2D eigenvalue weighted by atomic mass is 9.88. The van der Waals surface area contributed by atoms with Crippen molar-refractivity contribution in [2.24, 2.45) is 15.0 Å². The van der Waals surface area contributed by atoms with Crippen molar-refractivity contribution in [2.75, 3.05) is 20.4 Å². The van der Waals surface area contributed by atoms with Crippen LogP contribution in [0.3, 0.4) is 0 Å². The summed E-state index contributed by atoms with van der Waals surface area (Å²) in [4.78, 5) is 30.0. The third kappa shape index (κ3) is 6.17. The minimum Gasteiger partial charge on any atom is -0.857 e. The number of aliphatic hydroxyl groups is 1. The van der Waals surface area contributed by atoms with E-state index < -0.39 is 23.6 Å². The molecule has 6 rings (SSSR count). The van der Waals surface area contributed by atoms with Crippen molar-refractivity contribution in [1.82, 2.24) is 9.55 Å². The number of hydrogen-bond donors (Lipinski definition) is 3. The van der Waals surface area contributed by atoms with Gasteiger partial charge in [0.2, 0.25) is 11.7 Å². The molecule has 1 aromatic heterocycles. The summed E-state index contributed by atoms with van der Waals surface area (Å²) in [5, 5.41) is 31.5. The number of imidazole rings is 1. The van der Waals surface area contributed by atoms with Crippen LogP contribution >= 0.6 is 0 Å². The summed E-state index contributed by atoms with van der Waals surface area (Å²) in [6, 6.07) is 1.74. The summed E-state index contributed by atoms with van der Waals surface area (Å²) < 4.78 is 25.5. The lowest BCUT2D eigenvalue weighted by Crippen LogP contribution is -3.10. The second-order valence-electron chi connectivity index (χ2n) is 12.0. The average Bonchev–Trinajstić information content (AvgIpc) is 3.79. The molecule has 3 atom stereocenters. The number of aliphatic imine (C=N–C) groups is 3. The molecule has 4 aliphatic heterocycles. The molecule has 0 saturated heterocycles. The molecule has 14 nitrogen and oxygen atoms in total. The van der Waals surface area contributed by atoms with E-state index in [4.69, 9.17) is 24.4 Å². The molecule has 0 aliphatic carbocycles.